The molecule has 1 saturated heterocycles. The molecule has 0 spiro atoms. The number of aromatic nitrogens is 3. The third-order valence-corrected chi connectivity index (χ3v) is 4.67. The number of rotatable bonds is 8. The third-order valence-electron chi connectivity index (χ3n) is 4.67. The number of hydrogen-bond donors (Lipinski definition) is 4. The quantitative estimate of drug-likeness (QED) is 0.318. The molecule has 10 nitrogen and oxygen atoms in total. The first-order valence-corrected chi connectivity index (χ1v) is 8.47. The monoisotopic (exact) mass is 359 g/mol. The Hall–Kier alpha value is -1.14. The predicted molar refractivity (Wildman–Crippen MR) is 81.9 cm³/mol. The lowest BCUT2D eigenvalue weighted by Gasteiger charge is -2.39. The highest BCUT2D eigenvalue weighted by molar-refractivity contribution is 4.90. The molecule has 5 unspecified atom stereocenters. The fraction of sp³-hybridized carbons (Fsp3) is 0.867. The molecular formula is C15H25N3O7. The second kappa shape index (κ2) is 8.49. The van der Waals surface area contributed by atoms with E-state index in [0.717, 1.165) is 6.54 Å². The maximum atomic E-state index is 9.83. The van der Waals surface area contributed by atoms with E-state index in [4.69, 9.17) is 19.3 Å². The van der Waals surface area contributed by atoms with E-state index in [2.05, 4.69) is 10.3 Å². The average molecular weight is 359 g/mol. The van der Waals surface area contributed by atoms with Gasteiger partial charge in [0.25, 0.3) is 0 Å². The summed E-state index contributed by atoms with van der Waals surface area (Å²) in [4.78, 5) is 0. The Morgan fingerprint density at radius 1 is 1.20 bits per heavy atom. The summed E-state index contributed by atoms with van der Waals surface area (Å²) in [6.45, 7) is 0.338. The maximum Gasteiger partial charge on any atom is 0.189 e. The maximum absolute atomic E-state index is 9.83. The van der Waals surface area contributed by atoms with Crippen LogP contribution in [0.1, 0.15) is 25.0 Å². The SMILES string of the molecule is OCC1OC(OCOCc2cn(CC3CCC3)nn2)C(O)C(O)C1O. The van der Waals surface area contributed by atoms with Crippen LogP contribution in [0, 0.1) is 5.92 Å². The van der Waals surface area contributed by atoms with Crippen LogP contribution in [0.25, 0.3) is 0 Å². The third kappa shape index (κ3) is 4.53. The molecular weight excluding hydrogens is 334 g/mol. The fourth-order valence-corrected chi connectivity index (χ4v) is 2.90. The summed E-state index contributed by atoms with van der Waals surface area (Å²) in [5, 5.41) is 46.4. The van der Waals surface area contributed by atoms with E-state index in [-0.39, 0.29) is 13.4 Å². The summed E-state index contributed by atoms with van der Waals surface area (Å²) in [5.41, 5.74) is 0.664. The molecule has 2 fully saturated rings. The summed E-state index contributed by atoms with van der Waals surface area (Å²) < 4.78 is 17.6. The Morgan fingerprint density at radius 2 is 2.00 bits per heavy atom. The largest absolute Gasteiger partial charge is 0.394 e. The molecule has 1 saturated carbocycles. The second-order valence-corrected chi connectivity index (χ2v) is 6.56. The number of nitrogens with zero attached hydrogens (tertiary/aromatic N) is 3. The second-order valence-electron chi connectivity index (χ2n) is 6.56. The van der Waals surface area contributed by atoms with Crippen LogP contribution < -0.4 is 0 Å². The molecule has 0 bridgehead atoms. The first-order chi connectivity index (χ1) is 12.1. The lowest BCUT2D eigenvalue weighted by atomic mass is 9.85. The van der Waals surface area contributed by atoms with Gasteiger partial charge in [0.2, 0.25) is 0 Å². The highest BCUT2D eigenvalue weighted by atomic mass is 16.8. The highest BCUT2D eigenvalue weighted by Gasteiger charge is 2.44. The zero-order valence-corrected chi connectivity index (χ0v) is 13.8. The molecule has 1 aliphatic heterocycles. The summed E-state index contributed by atoms with van der Waals surface area (Å²) in [6.07, 6.45) is -0.952. The normalized spacial score (nSPS) is 33.4. The van der Waals surface area contributed by atoms with Gasteiger partial charge in [0.05, 0.1) is 19.4 Å². The Morgan fingerprint density at radius 3 is 2.68 bits per heavy atom. The van der Waals surface area contributed by atoms with Gasteiger partial charge in [-0.25, -0.2) is 0 Å². The lowest BCUT2D eigenvalue weighted by molar-refractivity contribution is -0.317. The van der Waals surface area contributed by atoms with Crippen molar-refractivity contribution in [3.63, 3.8) is 0 Å². The van der Waals surface area contributed by atoms with E-state index < -0.39 is 37.3 Å². The molecule has 2 heterocycles. The van der Waals surface area contributed by atoms with E-state index >= 15 is 0 Å². The Kier molecular flexibility index (Phi) is 6.34. The minimum atomic E-state index is -1.47. The Balaban J connectivity index is 1.39. The van der Waals surface area contributed by atoms with Gasteiger partial charge in [-0.1, -0.05) is 11.6 Å². The van der Waals surface area contributed by atoms with Gasteiger partial charge in [-0.3, -0.25) is 4.68 Å². The van der Waals surface area contributed by atoms with Crippen molar-refractivity contribution in [2.45, 2.75) is 63.1 Å². The van der Waals surface area contributed by atoms with Crippen molar-refractivity contribution in [1.29, 1.82) is 0 Å². The first kappa shape index (κ1) is 18.6. The standard InChI is InChI=1S/C15H25N3O7/c19-6-11-12(20)13(21)14(22)15(25-11)24-8-23-7-10-5-18(17-16-10)4-9-2-1-3-9/h5,9,11-15,19-22H,1-4,6-8H2. The summed E-state index contributed by atoms with van der Waals surface area (Å²) in [7, 11) is 0. The molecule has 0 amide bonds. The van der Waals surface area contributed by atoms with Crippen LogP contribution in [0.3, 0.4) is 0 Å². The van der Waals surface area contributed by atoms with Crippen molar-refractivity contribution in [2.24, 2.45) is 5.92 Å². The van der Waals surface area contributed by atoms with Gasteiger partial charge < -0.3 is 34.6 Å². The summed E-state index contributed by atoms with van der Waals surface area (Å²) in [6, 6.07) is 0. The Labute approximate surface area is 144 Å². The summed E-state index contributed by atoms with van der Waals surface area (Å²) >= 11 is 0. The Bertz CT molecular complexity index is 537. The first-order valence-electron chi connectivity index (χ1n) is 8.47. The van der Waals surface area contributed by atoms with E-state index in [1.165, 1.54) is 19.3 Å². The molecule has 142 valence electrons. The lowest BCUT2D eigenvalue weighted by Crippen LogP contribution is -2.59. The van der Waals surface area contributed by atoms with Crippen LogP contribution in [-0.2, 0) is 27.4 Å². The molecule has 0 aromatic carbocycles. The van der Waals surface area contributed by atoms with Crippen LogP contribution in [0.2, 0.25) is 0 Å². The van der Waals surface area contributed by atoms with Gasteiger partial charge in [-0.05, 0) is 18.8 Å². The zero-order chi connectivity index (χ0) is 17.8. The molecule has 1 aliphatic carbocycles. The molecule has 0 radical (unpaired) electrons. The molecule has 10 heteroatoms. The summed E-state index contributed by atoms with van der Waals surface area (Å²) in [5.74, 6) is 0.685. The van der Waals surface area contributed by atoms with Gasteiger partial charge in [0.15, 0.2) is 13.1 Å². The minimum absolute atomic E-state index is 0.183. The highest BCUT2D eigenvalue weighted by Crippen LogP contribution is 2.27. The molecule has 5 atom stereocenters. The molecule has 1 aromatic rings. The van der Waals surface area contributed by atoms with E-state index in [1.54, 1.807) is 4.68 Å². The van der Waals surface area contributed by atoms with Crippen LogP contribution >= 0.6 is 0 Å². The van der Waals surface area contributed by atoms with Gasteiger partial charge in [0.1, 0.15) is 30.1 Å². The van der Waals surface area contributed by atoms with E-state index in [0.29, 0.717) is 11.6 Å². The van der Waals surface area contributed by atoms with Crippen molar-refractivity contribution in [2.75, 3.05) is 13.4 Å². The van der Waals surface area contributed by atoms with Crippen LogP contribution in [0.15, 0.2) is 6.20 Å². The van der Waals surface area contributed by atoms with Gasteiger partial charge in [-0.2, -0.15) is 0 Å². The van der Waals surface area contributed by atoms with Crippen molar-refractivity contribution >= 4 is 0 Å². The molecule has 25 heavy (non-hydrogen) atoms. The van der Waals surface area contributed by atoms with E-state index in [1.807, 2.05) is 6.20 Å². The predicted octanol–water partition coefficient (Wildman–Crippen LogP) is -1.63. The topological polar surface area (TPSA) is 139 Å². The molecule has 2 aliphatic rings. The average Bonchev–Trinajstić information content (AvgIpc) is 3.02. The van der Waals surface area contributed by atoms with Crippen molar-refractivity contribution in [3.8, 4) is 0 Å². The van der Waals surface area contributed by atoms with E-state index in [9.17, 15) is 15.3 Å². The van der Waals surface area contributed by atoms with Crippen molar-refractivity contribution in [3.05, 3.63) is 11.9 Å². The number of hydrogen-bond acceptors (Lipinski definition) is 9. The van der Waals surface area contributed by atoms with Gasteiger partial charge in [0, 0.05) is 6.54 Å². The minimum Gasteiger partial charge on any atom is -0.394 e. The van der Waals surface area contributed by atoms with Crippen molar-refractivity contribution in [1.82, 2.24) is 15.0 Å². The molecule has 3 rings (SSSR count). The van der Waals surface area contributed by atoms with Gasteiger partial charge >= 0.3 is 0 Å². The number of ether oxygens (including phenoxy) is 3. The number of aliphatic hydroxyl groups is 4. The molecule has 1 aromatic heterocycles. The fourth-order valence-electron chi connectivity index (χ4n) is 2.90. The molecule has 4 N–H and O–H groups in total. The smallest absolute Gasteiger partial charge is 0.189 e. The van der Waals surface area contributed by atoms with Crippen LogP contribution in [0.4, 0.5) is 0 Å². The van der Waals surface area contributed by atoms with Crippen LogP contribution in [-0.4, -0.2) is 79.5 Å². The number of aliphatic hydroxyl groups excluding tert-OH is 4. The van der Waals surface area contributed by atoms with Crippen molar-refractivity contribution < 1.29 is 34.6 Å². The van der Waals surface area contributed by atoms with Crippen LogP contribution in [0.5, 0.6) is 0 Å². The zero-order valence-electron chi connectivity index (χ0n) is 13.8. The van der Waals surface area contributed by atoms with Gasteiger partial charge in [-0.15, -0.1) is 5.10 Å².